The van der Waals surface area contributed by atoms with Gasteiger partial charge in [-0.05, 0) is 42.6 Å². The van der Waals surface area contributed by atoms with E-state index in [0.29, 0.717) is 26.8 Å². The Bertz CT molecular complexity index is 1170. The summed E-state index contributed by atoms with van der Waals surface area (Å²) < 4.78 is 27.3. The van der Waals surface area contributed by atoms with Crippen LogP contribution >= 0.6 is 23.2 Å². The number of carbonyl (C=O) groups is 1. The summed E-state index contributed by atoms with van der Waals surface area (Å²) in [4.78, 5) is 13.0. The second-order valence-electron chi connectivity index (χ2n) is 6.26. The van der Waals surface area contributed by atoms with Crippen LogP contribution < -0.4 is 9.62 Å². The molecule has 27 heavy (non-hydrogen) atoms. The van der Waals surface area contributed by atoms with Crippen LogP contribution in [0.4, 0.5) is 11.4 Å². The molecule has 0 fully saturated rings. The van der Waals surface area contributed by atoms with E-state index < -0.39 is 22.0 Å². The minimum atomic E-state index is -3.83. The Balaban J connectivity index is 1.73. The molecule has 138 valence electrons. The van der Waals surface area contributed by atoms with E-state index in [1.165, 1.54) is 0 Å². The molecule has 8 heteroatoms. The van der Waals surface area contributed by atoms with Crippen LogP contribution in [0.1, 0.15) is 6.92 Å². The van der Waals surface area contributed by atoms with Gasteiger partial charge in [0, 0.05) is 21.1 Å². The van der Waals surface area contributed by atoms with Crippen LogP contribution in [-0.2, 0) is 14.8 Å². The summed E-state index contributed by atoms with van der Waals surface area (Å²) >= 11 is 11.9. The van der Waals surface area contributed by atoms with Gasteiger partial charge in [-0.15, -0.1) is 0 Å². The Labute approximate surface area is 166 Å². The monoisotopic (exact) mass is 420 g/mol. The zero-order valence-corrected chi connectivity index (χ0v) is 16.4. The molecular formula is C19H14Cl2N2O3S. The van der Waals surface area contributed by atoms with E-state index in [2.05, 4.69) is 5.32 Å². The van der Waals surface area contributed by atoms with Crippen molar-refractivity contribution in [3.63, 3.8) is 0 Å². The van der Waals surface area contributed by atoms with Gasteiger partial charge in [-0.3, -0.25) is 9.10 Å². The van der Waals surface area contributed by atoms with E-state index in [9.17, 15) is 13.2 Å². The van der Waals surface area contributed by atoms with Crippen molar-refractivity contribution in [3.05, 3.63) is 64.6 Å². The first-order chi connectivity index (χ1) is 12.8. The second-order valence-corrected chi connectivity index (χ2v) is 8.91. The Morgan fingerprint density at radius 2 is 1.67 bits per heavy atom. The number of benzene rings is 3. The third-order valence-corrected chi connectivity index (χ3v) is 6.84. The molecular weight excluding hydrogens is 407 g/mol. The van der Waals surface area contributed by atoms with Crippen LogP contribution in [0.15, 0.2) is 59.5 Å². The molecule has 0 bridgehead atoms. The molecule has 3 aromatic carbocycles. The molecule has 5 nitrogen and oxygen atoms in total. The molecule has 1 aliphatic rings. The summed E-state index contributed by atoms with van der Waals surface area (Å²) in [5.41, 5.74) is 0.895. The van der Waals surface area contributed by atoms with Crippen LogP contribution in [0.3, 0.4) is 0 Å². The quantitative estimate of drug-likeness (QED) is 0.668. The summed E-state index contributed by atoms with van der Waals surface area (Å²) in [6.45, 7) is 1.55. The zero-order chi connectivity index (χ0) is 19.3. The number of amides is 1. The van der Waals surface area contributed by atoms with E-state index in [0.717, 1.165) is 9.69 Å². The van der Waals surface area contributed by atoms with Crippen molar-refractivity contribution in [3.8, 4) is 0 Å². The third-order valence-electron chi connectivity index (χ3n) is 4.48. The minimum absolute atomic E-state index is 0.209. The molecule has 1 heterocycles. The number of halogens is 2. The van der Waals surface area contributed by atoms with Gasteiger partial charge in [-0.25, -0.2) is 8.42 Å². The molecule has 4 rings (SSSR count). The number of nitrogens with one attached hydrogen (secondary N) is 1. The maximum Gasteiger partial charge on any atom is 0.265 e. The van der Waals surface area contributed by atoms with Crippen molar-refractivity contribution in [2.45, 2.75) is 17.9 Å². The first kappa shape index (κ1) is 18.1. The van der Waals surface area contributed by atoms with E-state index in [4.69, 9.17) is 23.2 Å². The first-order valence-corrected chi connectivity index (χ1v) is 10.3. The predicted molar refractivity (Wildman–Crippen MR) is 108 cm³/mol. The lowest BCUT2D eigenvalue weighted by Gasteiger charge is -2.25. The van der Waals surface area contributed by atoms with Gasteiger partial charge >= 0.3 is 0 Å². The zero-order valence-electron chi connectivity index (χ0n) is 14.1. The standard InChI is InChI=1S/C19H14Cl2N2O3S/c1-11(19(24)22-15-9-13(20)8-14(21)10-15)23-16-6-2-4-12-5-3-7-17(18(12)16)27(23,25)26/h2-11H,1H3,(H,22,24). The molecule has 1 N–H and O–H groups in total. The fourth-order valence-corrected chi connectivity index (χ4v) is 5.71. The summed E-state index contributed by atoms with van der Waals surface area (Å²) in [5, 5.41) is 4.87. The Morgan fingerprint density at radius 3 is 2.33 bits per heavy atom. The summed E-state index contributed by atoms with van der Waals surface area (Å²) in [5.74, 6) is -0.485. The van der Waals surface area contributed by atoms with Gasteiger partial charge in [-0.1, -0.05) is 47.5 Å². The second kappa shape index (κ2) is 6.41. The van der Waals surface area contributed by atoms with E-state index in [-0.39, 0.29) is 4.90 Å². The molecule has 0 aliphatic carbocycles. The summed E-state index contributed by atoms with van der Waals surface area (Å²) in [7, 11) is -3.83. The Hall–Kier alpha value is -2.28. The lowest BCUT2D eigenvalue weighted by molar-refractivity contribution is -0.116. The van der Waals surface area contributed by atoms with Crippen molar-refractivity contribution in [1.82, 2.24) is 0 Å². The third kappa shape index (κ3) is 2.94. The number of hydrogen-bond donors (Lipinski definition) is 1. The SMILES string of the molecule is CC(C(=O)Nc1cc(Cl)cc(Cl)c1)N1c2cccc3cccc(c23)S1(=O)=O. The van der Waals surface area contributed by atoms with Gasteiger partial charge in [0.2, 0.25) is 5.91 Å². The Morgan fingerprint density at radius 1 is 1.04 bits per heavy atom. The molecule has 1 aliphatic heterocycles. The maximum absolute atomic E-state index is 13.1. The van der Waals surface area contributed by atoms with Crippen LogP contribution in [0.25, 0.3) is 10.8 Å². The molecule has 3 aromatic rings. The summed E-state index contributed by atoms with van der Waals surface area (Å²) in [6.07, 6.45) is 0. The number of hydrogen-bond acceptors (Lipinski definition) is 3. The molecule has 1 amide bonds. The lowest BCUT2D eigenvalue weighted by atomic mass is 10.1. The highest BCUT2D eigenvalue weighted by Crippen LogP contribution is 2.43. The number of anilines is 2. The molecule has 1 atom stereocenters. The van der Waals surface area contributed by atoms with Gasteiger partial charge in [0.1, 0.15) is 6.04 Å². The lowest BCUT2D eigenvalue weighted by Crippen LogP contribution is -2.43. The van der Waals surface area contributed by atoms with Crippen LogP contribution in [0.5, 0.6) is 0 Å². The van der Waals surface area contributed by atoms with Gasteiger partial charge in [0.25, 0.3) is 10.0 Å². The van der Waals surface area contributed by atoms with Crippen molar-refractivity contribution in [1.29, 1.82) is 0 Å². The van der Waals surface area contributed by atoms with Gasteiger partial charge in [-0.2, -0.15) is 0 Å². The van der Waals surface area contributed by atoms with Crippen LogP contribution in [0, 0.1) is 0 Å². The number of nitrogens with zero attached hydrogens (tertiary/aromatic N) is 1. The number of sulfonamides is 1. The predicted octanol–water partition coefficient (Wildman–Crippen LogP) is 4.68. The first-order valence-electron chi connectivity index (χ1n) is 8.12. The largest absolute Gasteiger partial charge is 0.324 e. The molecule has 0 aromatic heterocycles. The van der Waals surface area contributed by atoms with Crippen LogP contribution in [0.2, 0.25) is 10.0 Å². The smallest absolute Gasteiger partial charge is 0.265 e. The highest BCUT2D eigenvalue weighted by atomic mass is 35.5. The van der Waals surface area contributed by atoms with Gasteiger partial charge < -0.3 is 5.32 Å². The van der Waals surface area contributed by atoms with Crippen molar-refractivity contribution in [2.24, 2.45) is 0 Å². The highest BCUT2D eigenvalue weighted by molar-refractivity contribution is 7.93. The molecule has 1 unspecified atom stereocenters. The fourth-order valence-electron chi connectivity index (χ4n) is 3.32. The topological polar surface area (TPSA) is 66.5 Å². The molecule has 0 spiro atoms. The normalized spacial score (nSPS) is 15.7. The van der Waals surface area contributed by atoms with Crippen molar-refractivity contribution >= 4 is 61.3 Å². The van der Waals surface area contributed by atoms with E-state index in [1.807, 2.05) is 12.1 Å². The number of rotatable bonds is 3. The minimum Gasteiger partial charge on any atom is -0.324 e. The molecule has 0 radical (unpaired) electrons. The molecule has 0 saturated carbocycles. The van der Waals surface area contributed by atoms with Crippen molar-refractivity contribution < 1.29 is 13.2 Å². The van der Waals surface area contributed by atoms with Gasteiger partial charge in [0.05, 0.1) is 10.6 Å². The van der Waals surface area contributed by atoms with E-state index >= 15 is 0 Å². The van der Waals surface area contributed by atoms with Gasteiger partial charge in [0.15, 0.2) is 0 Å². The maximum atomic E-state index is 13.1. The average Bonchev–Trinajstić information content (AvgIpc) is 2.82. The van der Waals surface area contributed by atoms with Crippen molar-refractivity contribution in [2.75, 3.05) is 9.62 Å². The Kier molecular flexibility index (Phi) is 4.29. The fraction of sp³-hybridized carbons (Fsp3) is 0.105. The van der Waals surface area contributed by atoms with E-state index in [1.54, 1.807) is 49.4 Å². The number of carbonyl (C=O) groups excluding carboxylic acids is 1. The highest BCUT2D eigenvalue weighted by Gasteiger charge is 2.40. The van der Waals surface area contributed by atoms with Crippen LogP contribution in [-0.4, -0.2) is 20.4 Å². The summed E-state index contributed by atoms with van der Waals surface area (Å²) in [6, 6.07) is 14.1. The molecule has 0 saturated heterocycles. The average molecular weight is 421 g/mol.